The van der Waals surface area contributed by atoms with Gasteiger partial charge in [0, 0.05) is 18.1 Å². The third kappa shape index (κ3) is 2.79. The zero-order valence-corrected chi connectivity index (χ0v) is 6.39. The third-order valence-electron chi connectivity index (χ3n) is 1.47. The van der Waals surface area contributed by atoms with Gasteiger partial charge in [-0.15, -0.1) is 0 Å². The maximum atomic E-state index is 5.61. The highest BCUT2D eigenvalue weighted by Gasteiger charge is 2.14. The monoisotopic (exact) mass is 131 g/mol. The van der Waals surface area contributed by atoms with Gasteiger partial charge in [-0.1, -0.05) is 0 Å². The number of hydrogen-bond donors (Lipinski definition) is 3. The average Bonchev–Trinajstić information content (AvgIpc) is 1.64. The van der Waals surface area contributed by atoms with Crippen molar-refractivity contribution < 1.29 is 0 Å². The summed E-state index contributed by atoms with van der Waals surface area (Å²) in [5.41, 5.74) is 11.2. The number of rotatable bonds is 3. The molecular weight excluding hydrogens is 114 g/mol. The maximum absolute atomic E-state index is 5.61. The highest BCUT2D eigenvalue weighted by atomic mass is 15.0. The van der Waals surface area contributed by atoms with Crippen LogP contribution in [0.1, 0.15) is 13.8 Å². The zero-order chi connectivity index (χ0) is 7.44. The van der Waals surface area contributed by atoms with E-state index in [0.717, 1.165) is 0 Å². The standard InChI is InChI=1S/C6H17N3/c1-4(7)6(9-3)5(2)8/h4-6,9H,7-8H2,1-3H3. The van der Waals surface area contributed by atoms with Crippen LogP contribution < -0.4 is 16.8 Å². The van der Waals surface area contributed by atoms with Crippen molar-refractivity contribution in [3.05, 3.63) is 0 Å². The molecule has 56 valence electrons. The van der Waals surface area contributed by atoms with Crippen LogP contribution in [0.3, 0.4) is 0 Å². The molecule has 2 atom stereocenters. The molecule has 0 saturated heterocycles. The second-order valence-electron chi connectivity index (χ2n) is 2.53. The van der Waals surface area contributed by atoms with Gasteiger partial charge in [-0.25, -0.2) is 0 Å². The molecule has 0 aromatic rings. The minimum absolute atomic E-state index is 0.120. The van der Waals surface area contributed by atoms with Gasteiger partial charge in [0.1, 0.15) is 0 Å². The summed E-state index contributed by atoms with van der Waals surface area (Å²) in [4.78, 5) is 0. The van der Waals surface area contributed by atoms with Crippen LogP contribution in [0.2, 0.25) is 0 Å². The van der Waals surface area contributed by atoms with Gasteiger partial charge in [-0.2, -0.15) is 0 Å². The first-order valence-electron chi connectivity index (χ1n) is 3.28. The normalized spacial score (nSPS) is 21.0. The lowest BCUT2D eigenvalue weighted by Gasteiger charge is -2.23. The molecule has 0 radical (unpaired) electrons. The van der Waals surface area contributed by atoms with Crippen LogP contribution in [-0.2, 0) is 0 Å². The lowest BCUT2D eigenvalue weighted by molar-refractivity contribution is 0.422. The van der Waals surface area contributed by atoms with Crippen molar-refractivity contribution >= 4 is 0 Å². The van der Waals surface area contributed by atoms with Crippen molar-refractivity contribution in [2.45, 2.75) is 32.0 Å². The van der Waals surface area contributed by atoms with Gasteiger partial charge in [0.05, 0.1) is 0 Å². The topological polar surface area (TPSA) is 64.1 Å². The van der Waals surface area contributed by atoms with Gasteiger partial charge >= 0.3 is 0 Å². The Morgan fingerprint density at radius 1 is 1.11 bits per heavy atom. The van der Waals surface area contributed by atoms with Crippen LogP contribution in [-0.4, -0.2) is 25.2 Å². The lowest BCUT2D eigenvalue weighted by atomic mass is 10.1. The summed E-state index contributed by atoms with van der Waals surface area (Å²) in [6.45, 7) is 3.90. The summed E-state index contributed by atoms with van der Waals surface area (Å²) >= 11 is 0. The second-order valence-corrected chi connectivity index (χ2v) is 2.53. The van der Waals surface area contributed by atoms with Gasteiger partial charge < -0.3 is 16.8 Å². The third-order valence-corrected chi connectivity index (χ3v) is 1.47. The quantitative estimate of drug-likeness (QED) is 0.473. The van der Waals surface area contributed by atoms with Crippen LogP contribution in [0.15, 0.2) is 0 Å². The largest absolute Gasteiger partial charge is 0.326 e. The Balaban J connectivity index is 3.68. The van der Waals surface area contributed by atoms with E-state index in [9.17, 15) is 0 Å². The molecule has 0 aromatic heterocycles. The SMILES string of the molecule is CNC(C(C)N)C(C)N. The molecule has 0 bridgehead atoms. The fraction of sp³-hybridized carbons (Fsp3) is 1.00. The average molecular weight is 131 g/mol. The van der Waals surface area contributed by atoms with Crippen LogP contribution in [0.5, 0.6) is 0 Å². The molecule has 0 aromatic carbocycles. The van der Waals surface area contributed by atoms with Crippen LogP contribution in [0.4, 0.5) is 0 Å². The molecular formula is C6H17N3. The molecule has 9 heavy (non-hydrogen) atoms. The minimum atomic E-state index is 0.120. The van der Waals surface area contributed by atoms with E-state index in [1.807, 2.05) is 20.9 Å². The van der Waals surface area contributed by atoms with Crippen molar-refractivity contribution in [1.82, 2.24) is 5.32 Å². The molecule has 0 fully saturated rings. The maximum Gasteiger partial charge on any atom is 0.0363 e. The van der Waals surface area contributed by atoms with Crippen molar-refractivity contribution in [2.24, 2.45) is 11.5 Å². The van der Waals surface area contributed by atoms with Crippen molar-refractivity contribution in [1.29, 1.82) is 0 Å². The fourth-order valence-electron chi connectivity index (χ4n) is 1.00. The van der Waals surface area contributed by atoms with Crippen LogP contribution in [0, 0.1) is 0 Å². The Labute approximate surface area is 56.8 Å². The Bertz CT molecular complexity index is 62.7. The fourth-order valence-corrected chi connectivity index (χ4v) is 1.00. The van der Waals surface area contributed by atoms with E-state index in [1.165, 1.54) is 0 Å². The van der Waals surface area contributed by atoms with E-state index >= 15 is 0 Å². The molecule has 2 unspecified atom stereocenters. The zero-order valence-electron chi connectivity index (χ0n) is 6.39. The summed E-state index contributed by atoms with van der Waals surface area (Å²) in [6, 6.07) is 0.468. The second kappa shape index (κ2) is 3.82. The number of likely N-dealkylation sites (N-methyl/N-ethyl adjacent to an activating group) is 1. The van der Waals surface area contributed by atoms with E-state index < -0.39 is 0 Å². The van der Waals surface area contributed by atoms with Crippen molar-refractivity contribution in [3.8, 4) is 0 Å². The van der Waals surface area contributed by atoms with Gasteiger partial charge in [0.15, 0.2) is 0 Å². The van der Waals surface area contributed by atoms with Gasteiger partial charge in [0.2, 0.25) is 0 Å². The Kier molecular flexibility index (Phi) is 3.77. The van der Waals surface area contributed by atoms with Gasteiger partial charge in [-0.05, 0) is 20.9 Å². The first-order chi connectivity index (χ1) is 4.09. The molecule has 0 aliphatic heterocycles. The summed E-state index contributed by atoms with van der Waals surface area (Å²) < 4.78 is 0. The highest BCUT2D eigenvalue weighted by Crippen LogP contribution is 1.92. The summed E-state index contributed by atoms with van der Waals surface area (Å²) in [5, 5.41) is 3.05. The predicted octanol–water partition coefficient (Wildman–Crippen LogP) is -0.731. The van der Waals surface area contributed by atoms with E-state index in [2.05, 4.69) is 5.32 Å². The molecule has 0 heterocycles. The van der Waals surface area contributed by atoms with Crippen molar-refractivity contribution in [2.75, 3.05) is 7.05 Å². The van der Waals surface area contributed by atoms with Crippen LogP contribution >= 0.6 is 0 Å². The van der Waals surface area contributed by atoms with E-state index in [0.29, 0.717) is 0 Å². The summed E-state index contributed by atoms with van der Waals surface area (Å²) in [7, 11) is 1.87. The molecule has 0 spiro atoms. The summed E-state index contributed by atoms with van der Waals surface area (Å²) in [6.07, 6.45) is 0. The van der Waals surface area contributed by atoms with E-state index in [4.69, 9.17) is 11.5 Å². The highest BCUT2D eigenvalue weighted by molar-refractivity contribution is 4.81. The molecule has 5 N–H and O–H groups in total. The first kappa shape index (κ1) is 8.88. The Morgan fingerprint density at radius 2 is 1.44 bits per heavy atom. The minimum Gasteiger partial charge on any atom is -0.326 e. The van der Waals surface area contributed by atoms with Gasteiger partial charge in [0.25, 0.3) is 0 Å². The number of nitrogens with two attached hydrogens (primary N) is 2. The lowest BCUT2D eigenvalue weighted by Crippen LogP contribution is -2.51. The first-order valence-corrected chi connectivity index (χ1v) is 3.28. The molecule has 0 aliphatic carbocycles. The molecule has 0 rings (SSSR count). The Hall–Kier alpha value is -0.120. The van der Waals surface area contributed by atoms with E-state index in [-0.39, 0.29) is 18.1 Å². The van der Waals surface area contributed by atoms with Crippen LogP contribution in [0.25, 0.3) is 0 Å². The number of nitrogens with one attached hydrogen (secondary N) is 1. The van der Waals surface area contributed by atoms with Crippen molar-refractivity contribution in [3.63, 3.8) is 0 Å². The summed E-state index contributed by atoms with van der Waals surface area (Å²) in [5.74, 6) is 0. The number of hydrogen-bond acceptors (Lipinski definition) is 3. The molecule has 3 heteroatoms. The molecule has 0 aliphatic rings. The Morgan fingerprint density at radius 3 is 1.44 bits per heavy atom. The smallest absolute Gasteiger partial charge is 0.0363 e. The van der Waals surface area contributed by atoms with E-state index in [1.54, 1.807) is 0 Å². The molecule has 0 amide bonds. The molecule has 3 nitrogen and oxygen atoms in total. The van der Waals surface area contributed by atoms with Gasteiger partial charge in [-0.3, -0.25) is 0 Å². The predicted molar refractivity (Wildman–Crippen MR) is 40.1 cm³/mol. The molecule has 0 saturated carbocycles.